The minimum Gasteiger partial charge on any atom is -0.296 e. The van der Waals surface area contributed by atoms with Crippen LogP contribution in [0.4, 0.5) is 0 Å². The molecule has 0 spiro atoms. The van der Waals surface area contributed by atoms with E-state index in [1.807, 2.05) is 0 Å². The number of nitrogens with zero attached hydrogens (tertiary/aromatic N) is 2. The van der Waals surface area contributed by atoms with Gasteiger partial charge in [-0.05, 0) is 23.8 Å². The molecule has 0 atom stereocenters. The van der Waals surface area contributed by atoms with Crippen molar-refractivity contribution in [1.82, 2.24) is 9.88 Å². The van der Waals surface area contributed by atoms with Crippen molar-refractivity contribution >= 4 is 46.1 Å². The standard InChI is InChI=1S/C17H12N2O2S2/c1-19-16(21)14(23-17(19)22)10-11-5-7-12(8-6-11)15(20)13-4-2-3-9-18-13/h2-10H,1H3/b14-10+. The Kier molecular flexibility index (Phi) is 4.36. The Bertz CT molecular complexity index is 814. The van der Waals surface area contributed by atoms with Crippen LogP contribution in [0, 0.1) is 0 Å². The molecule has 0 radical (unpaired) electrons. The molecule has 1 aliphatic rings. The summed E-state index contributed by atoms with van der Waals surface area (Å²) in [5.74, 6) is -0.231. The summed E-state index contributed by atoms with van der Waals surface area (Å²) in [6, 6.07) is 12.3. The van der Waals surface area contributed by atoms with E-state index in [1.165, 1.54) is 16.7 Å². The van der Waals surface area contributed by atoms with E-state index in [-0.39, 0.29) is 11.7 Å². The summed E-state index contributed by atoms with van der Waals surface area (Å²) in [6.45, 7) is 0. The van der Waals surface area contributed by atoms with E-state index in [1.54, 1.807) is 61.8 Å². The van der Waals surface area contributed by atoms with Gasteiger partial charge in [-0.25, -0.2) is 0 Å². The molecule has 1 amide bonds. The van der Waals surface area contributed by atoms with E-state index in [0.29, 0.717) is 20.5 Å². The number of aromatic nitrogens is 1. The SMILES string of the molecule is CN1C(=O)/C(=C\c2ccc(C(=O)c3ccccn3)cc2)SC1=S. The van der Waals surface area contributed by atoms with Gasteiger partial charge in [0.15, 0.2) is 0 Å². The number of rotatable bonds is 3. The number of amides is 1. The molecule has 114 valence electrons. The van der Waals surface area contributed by atoms with Gasteiger partial charge >= 0.3 is 0 Å². The average Bonchev–Trinajstić information content (AvgIpc) is 2.83. The molecule has 0 aliphatic carbocycles. The lowest BCUT2D eigenvalue weighted by molar-refractivity contribution is -0.121. The number of ketones is 1. The highest BCUT2D eigenvalue weighted by Gasteiger charge is 2.28. The molecule has 1 aromatic heterocycles. The van der Waals surface area contributed by atoms with Gasteiger partial charge in [0.25, 0.3) is 5.91 Å². The number of likely N-dealkylation sites (N-methyl/N-ethyl adjacent to an activating group) is 1. The Morgan fingerprint density at radius 2 is 1.96 bits per heavy atom. The normalized spacial score (nSPS) is 16.2. The zero-order valence-electron chi connectivity index (χ0n) is 12.2. The highest BCUT2D eigenvalue weighted by molar-refractivity contribution is 8.26. The fourth-order valence-corrected chi connectivity index (χ4v) is 3.25. The number of hydrogen-bond donors (Lipinski definition) is 0. The van der Waals surface area contributed by atoms with Crippen LogP contribution in [0.1, 0.15) is 21.6 Å². The topological polar surface area (TPSA) is 50.3 Å². The molecule has 2 aromatic rings. The summed E-state index contributed by atoms with van der Waals surface area (Å²) in [4.78, 5) is 30.3. The molecule has 6 heteroatoms. The molecule has 2 heterocycles. The first-order valence-electron chi connectivity index (χ1n) is 6.83. The lowest BCUT2D eigenvalue weighted by Crippen LogP contribution is -2.22. The van der Waals surface area contributed by atoms with Crippen molar-refractivity contribution < 1.29 is 9.59 Å². The van der Waals surface area contributed by atoms with Crippen molar-refractivity contribution in [2.75, 3.05) is 7.05 Å². The predicted octanol–water partition coefficient (Wildman–Crippen LogP) is 3.14. The number of thiocarbonyl (C=S) groups is 1. The van der Waals surface area contributed by atoms with Crippen LogP contribution in [0.2, 0.25) is 0 Å². The molecule has 0 N–H and O–H groups in total. The van der Waals surface area contributed by atoms with Crippen molar-refractivity contribution in [3.63, 3.8) is 0 Å². The van der Waals surface area contributed by atoms with Crippen LogP contribution in [-0.4, -0.2) is 32.9 Å². The molecule has 3 rings (SSSR count). The summed E-state index contributed by atoms with van der Waals surface area (Å²) in [5, 5.41) is 0. The number of hydrogen-bond acceptors (Lipinski definition) is 5. The molecule has 0 bridgehead atoms. The molecule has 0 saturated carbocycles. The number of pyridine rings is 1. The van der Waals surface area contributed by atoms with E-state index in [0.717, 1.165) is 5.56 Å². The van der Waals surface area contributed by atoms with E-state index in [2.05, 4.69) is 4.98 Å². The maximum Gasteiger partial charge on any atom is 0.265 e. The van der Waals surface area contributed by atoms with Gasteiger partial charge in [-0.15, -0.1) is 0 Å². The molecule has 1 aromatic carbocycles. The third-order valence-corrected chi connectivity index (χ3v) is 4.84. The van der Waals surface area contributed by atoms with Crippen LogP contribution in [0.5, 0.6) is 0 Å². The first-order valence-corrected chi connectivity index (χ1v) is 8.06. The number of thioether (sulfide) groups is 1. The maximum absolute atomic E-state index is 12.3. The van der Waals surface area contributed by atoms with Crippen molar-refractivity contribution in [3.05, 3.63) is 70.4 Å². The Balaban J connectivity index is 1.82. The number of carbonyl (C=O) groups is 2. The highest BCUT2D eigenvalue weighted by Crippen LogP contribution is 2.31. The van der Waals surface area contributed by atoms with Gasteiger partial charge < -0.3 is 0 Å². The first kappa shape index (κ1) is 15.6. The van der Waals surface area contributed by atoms with Crippen molar-refractivity contribution in [3.8, 4) is 0 Å². The fraction of sp³-hybridized carbons (Fsp3) is 0.0588. The molecule has 1 fully saturated rings. The van der Waals surface area contributed by atoms with Crippen LogP contribution in [0.25, 0.3) is 6.08 Å². The molecular weight excluding hydrogens is 328 g/mol. The maximum atomic E-state index is 12.3. The first-order chi connectivity index (χ1) is 11.1. The van der Waals surface area contributed by atoms with Crippen molar-refractivity contribution in [1.29, 1.82) is 0 Å². The summed E-state index contributed by atoms with van der Waals surface area (Å²) < 4.78 is 0.545. The van der Waals surface area contributed by atoms with Gasteiger partial charge in [-0.2, -0.15) is 0 Å². The fourth-order valence-electron chi connectivity index (χ4n) is 2.07. The lowest BCUT2D eigenvalue weighted by Gasteiger charge is -2.03. The molecule has 1 saturated heterocycles. The van der Waals surface area contributed by atoms with E-state index < -0.39 is 0 Å². The van der Waals surface area contributed by atoms with Gasteiger partial charge in [0.2, 0.25) is 5.78 Å². The van der Waals surface area contributed by atoms with Gasteiger partial charge in [0.1, 0.15) is 10.0 Å². The van der Waals surface area contributed by atoms with E-state index in [9.17, 15) is 9.59 Å². The minimum absolute atomic E-state index is 0.103. The third-order valence-electron chi connectivity index (χ3n) is 3.35. The average molecular weight is 340 g/mol. The second-order valence-corrected chi connectivity index (χ2v) is 6.58. The van der Waals surface area contributed by atoms with Gasteiger partial charge in [-0.1, -0.05) is 54.3 Å². The molecule has 4 nitrogen and oxygen atoms in total. The Morgan fingerprint density at radius 3 is 2.52 bits per heavy atom. The Labute approximate surface area is 143 Å². The quantitative estimate of drug-likeness (QED) is 0.488. The molecule has 0 unspecified atom stereocenters. The molecule has 23 heavy (non-hydrogen) atoms. The predicted molar refractivity (Wildman–Crippen MR) is 95.0 cm³/mol. The second-order valence-electron chi connectivity index (χ2n) is 4.91. The van der Waals surface area contributed by atoms with E-state index >= 15 is 0 Å². The van der Waals surface area contributed by atoms with Crippen LogP contribution in [0.15, 0.2) is 53.6 Å². The smallest absolute Gasteiger partial charge is 0.265 e. The molecule has 1 aliphatic heterocycles. The van der Waals surface area contributed by atoms with Crippen molar-refractivity contribution in [2.24, 2.45) is 0 Å². The Morgan fingerprint density at radius 1 is 1.22 bits per heavy atom. The highest BCUT2D eigenvalue weighted by atomic mass is 32.2. The zero-order chi connectivity index (χ0) is 16.4. The van der Waals surface area contributed by atoms with Gasteiger partial charge in [0, 0.05) is 18.8 Å². The lowest BCUT2D eigenvalue weighted by atomic mass is 10.1. The minimum atomic E-state index is -0.128. The van der Waals surface area contributed by atoms with Crippen LogP contribution in [0.3, 0.4) is 0 Å². The van der Waals surface area contributed by atoms with Crippen molar-refractivity contribution in [2.45, 2.75) is 0 Å². The summed E-state index contributed by atoms with van der Waals surface area (Å²) in [6.07, 6.45) is 3.37. The second kappa shape index (κ2) is 6.44. The summed E-state index contributed by atoms with van der Waals surface area (Å²) in [7, 11) is 1.66. The zero-order valence-corrected chi connectivity index (χ0v) is 13.9. The summed E-state index contributed by atoms with van der Waals surface area (Å²) >= 11 is 6.37. The monoisotopic (exact) mass is 340 g/mol. The molecular formula is C17H12N2O2S2. The summed E-state index contributed by atoms with van der Waals surface area (Å²) in [5.41, 5.74) is 1.81. The van der Waals surface area contributed by atoms with Gasteiger partial charge in [-0.3, -0.25) is 19.5 Å². The van der Waals surface area contributed by atoms with Crippen LogP contribution >= 0.6 is 24.0 Å². The Hall–Kier alpha value is -2.31. The van der Waals surface area contributed by atoms with E-state index in [4.69, 9.17) is 12.2 Å². The largest absolute Gasteiger partial charge is 0.296 e. The number of benzene rings is 1. The van der Waals surface area contributed by atoms with Crippen LogP contribution in [-0.2, 0) is 4.79 Å². The van der Waals surface area contributed by atoms with Crippen LogP contribution < -0.4 is 0 Å². The third kappa shape index (κ3) is 3.23. The number of carbonyl (C=O) groups excluding carboxylic acids is 2. The van der Waals surface area contributed by atoms with Gasteiger partial charge in [0.05, 0.1) is 4.91 Å².